The molecule has 0 aliphatic carbocycles. The van der Waals surface area contributed by atoms with Crippen LogP contribution in [0.5, 0.6) is 5.75 Å². The van der Waals surface area contributed by atoms with Crippen LogP contribution in [0.4, 0.5) is 0 Å². The molecule has 2 N–H and O–H groups in total. The summed E-state index contributed by atoms with van der Waals surface area (Å²) in [5.41, 5.74) is 2.32. The van der Waals surface area contributed by atoms with E-state index in [1.54, 1.807) is 37.5 Å². The number of pyridine rings is 1. The minimum atomic E-state index is -0.599. The maximum atomic E-state index is 11.8. The molecule has 1 amide bonds. The highest BCUT2D eigenvalue weighted by Gasteiger charge is 2.09. The molecule has 0 saturated heterocycles. The number of aromatic nitrogens is 1. The topological polar surface area (TPSA) is 83.7 Å². The number of benzene rings is 1. The van der Waals surface area contributed by atoms with Crippen molar-refractivity contribution in [3.63, 3.8) is 0 Å². The first kappa shape index (κ1) is 13.5. The number of phenols is 1. The number of hydrogen-bond acceptors (Lipinski definition) is 4. The highest BCUT2D eigenvalue weighted by atomic mass is 16.3. The Bertz CT molecular complexity index is 720. The first-order chi connectivity index (χ1) is 9.59. The number of hydrogen-bond donors (Lipinski definition) is 2. The van der Waals surface area contributed by atoms with Crippen LogP contribution in [0.2, 0.25) is 0 Å². The lowest BCUT2D eigenvalue weighted by Gasteiger charge is -2.01. The summed E-state index contributed by atoms with van der Waals surface area (Å²) in [4.78, 5) is 23.5. The molecule has 0 fully saturated rings. The van der Waals surface area contributed by atoms with Gasteiger partial charge in [0.25, 0.3) is 11.5 Å². The average molecular weight is 271 g/mol. The molecule has 0 spiro atoms. The molecule has 0 atom stereocenters. The van der Waals surface area contributed by atoms with Crippen molar-refractivity contribution in [3.05, 3.63) is 64.1 Å². The number of amides is 1. The molecule has 0 aliphatic rings. The van der Waals surface area contributed by atoms with Crippen LogP contribution in [0.15, 0.2) is 52.5 Å². The number of hydrazone groups is 1. The van der Waals surface area contributed by atoms with Gasteiger partial charge in [-0.3, -0.25) is 9.59 Å². The van der Waals surface area contributed by atoms with Crippen molar-refractivity contribution in [1.82, 2.24) is 9.99 Å². The lowest BCUT2D eigenvalue weighted by molar-refractivity contribution is 0.0953. The molecule has 1 heterocycles. The smallest absolute Gasteiger partial charge is 0.276 e. The molecule has 20 heavy (non-hydrogen) atoms. The first-order valence-corrected chi connectivity index (χ1v) is 5.86. The number of nitrogens with one attached hydrogen (secondary N) is 1. The summed E-state index contributed by atoms with van der Waals surface area (Å²) in [5.74, 6) is -0.543. The summed E-state index contributed by atoms with van der Waals surface area (Å²) in [7, 11) is 1.56. The fourth-order valence-electron chi connectivity index (χ4n) is 1.59. The molecule has 0 saturated carbocycles. The van der Waals surface area contributed by atoms with Crippen molar-refractivity contribution in [1.29, 1.82) is 0 Å². The zero-order valence-electron chi connectivity index (χ0n) is 10.8. The van der Waals surface area contributed by atoms with E-state index < -0.39 is 11.5 Å². The molecule has 0 aliphatic heterocycles. The number of phenolic OH excluding ortho intramolecular Hbond substituents is 1. The second kappa shape index (κ2) is 5.83. The normalized spacial score (nSPS) is 10.7. The van der Waals surface area contributed by atoms with E-state index in [-0.39, 0.29) is 11.3 Å². The van der Waals surface area contributed by atoms with Crippen molar-refractivity contribution in [3.8, 4) is 5.75 Å². The van der Waals surface area contributed by atoms with Crippen molar-refractivity contribution >= 4 is 12.1 Å². The van der Waals surface area contributed by atoms with E-state index in [1.165, 1.54) is 22.9 Å². The first-order valence-electron chi connectivity index (χ1n) is 5.86. The molecule has 2 aromatic rings. The van der Waals surface area contributed by atoms with Crippen LogP contribution in [0.3, 0.4) is 0 Å². The van der Waals surface area contributed by atoms with Crippen molar-refractivity contribution in [2.24, 2.45) is 12.1 Å². The number of carbonyl (C=O) groups excluding carboxylic acids is 1. The third-order valence-corrected chi connectivity index (χ3v) is 2.67. The van der Waals surface area contributed by atoms with Crippen LogP contribution in [-0.2, 0) is 7.05 Å². The van der Waals surface area contributed by atoms with Crippen LogP contribution in [0.1, 0.15) is 15.9 Å². The fourth-order valence-corrected chi connectivity index (χ4v) is 1.59. The molecule has 0 radical (unpaired) electrons. The van der Waals surface area contributed by atoms with E-state index in [0.717, 1.165) is 0 Å². The van der Waals surface area contributed by atoms with Crippen LogP contribution >= 0.6 is 0 Å². The largest absolute Gasteiger partial charge is 0.507 e. The molecule has 102 valence electrons. The van der Waals surface area contributed by atoms with Crippen LogP contribution < -0.4 is 11.0 Å². The molecule has 6 nitrogen and oxygen atoms in total. The second-order valence-corrected chi connectivity index (χ2v) is 4.10. The maximum Gasteiger partial charge on any atom is 0.276 e. The van der Waals surface area contributed by atoms with Gasteiger partial charge in [-0.15, -0.1) is 0 Å². The van der Waals surface area contributed by atoms with E-state index in [4.69, 9.17) is 0 Å². The Labute approximate surface area is 115 Å². The minimum absolute atomic E-state index is 0.00411. The van der Waals surface area contributed by atoms with E-state index in [0.29, 0.717) is 5.56 Å². The van der Waals surface area contributed by atoms with Crippen molar-refractivity contribution < 1.29 is 9.90 Å². The predicted molar refractivity (Wildman–Crippen MR) is 74.9 cm³/mol. The predicted octanol–water partition coefficient (Wildman–Crippen LogP) is 0.855. The van der Waals surface area contributed by atoms with Crippen LogP contribution in [0.25, 0.3) is 0 Å². The molecular weight excluding hydrogens is 258 g/mol. The third-order valence-electron chi connectivity index (χ3n) is 2.67. The molecule has 1 aromatic heterocycles. The zero-order chi connectivity index (χ0) is 14.5. The van der Waals surface area contributed by atoms with Gasteiger partial charge in [0, 0.05) is 18.8 Å². The Hall–Kier alpha value is -2.89. The summed E-state index contributed by atoms with van der Waals surface area (Å²) >= 11 is 0. The van der Waals surface area contributed by atoms with E-state index in [2.05, 4.69) is 10.5 Å². The summed E-state index contributed by atoms with van der Waals surface area (Å²) in [6, 6.07) is 9.59. The lowest BCUT2D eigenvalue weighted by Crippen LogP contribution is -2.29. The van der Waals surface area contributed by atoms with Crippen molar-refractivity contribution in [2.75, 3.05) is 0 Å². The molecule has 6 heteroatoms. The molecular formula is C14H13N3O3. The third kappa shape index (κ3) is 2.92. The van der Waals surface area contributed by atoms with Crippen LogP contribution in [0, 0.1) is 0 Å². The summed E-state index contributed by atoms with van der Waals surface area (Å²) in [5, 5.41) is 13.2. The Kier molecular flexibility index (Phi) is 3.95. The molecule has 0 bridgehead atoms. The fraction of sp³-hybridized carbons (Fsp3) is 0.0714. The van der Waals surface area contributed by atoms with Gasteiger partial charge >= 0.3 is 0 Å². The van der Waals surface area contributed by atoms with Gasteiger partial charge in [-0.2, -0.15) is 5.10 Å². The van der Waals surface area contributed by atoms with Gasteiger partial charge < -0.3 is 9.67 Å². The number of aryl methyl sites for hydroxylation is 1. The molecule has 0 unspecified atom stereocenters. The SMILES string of the molecule is Cn1cccc(C(=O)N/N=C\c2ccccc2O)c1=O. The van der Waals surface area contributed by atoms with Gasteiger partial charge in [0.15, 0.2) is 0 Å². The monoisotopic (exact) mass is 271 g/mol. The average Bonchev–Trinajstić information content (AvgIpc) is 2.44. The van der Waals surface area contributed by atoms with E-state index in [1.807, 2.05) is 0 Å². The summed E-state index contributed by atoms with van der Waals surface area (Å²) in [6.07, 6.45) is 2.87. The quantitative estimate of drug-likeness (QED) is 0.641. The highest BCUT2D eigenvalue weighted by Crippen LogP contribution is 2.12. The van der Waals surface area contributed by atoms with Gasteiger partial charge in [0.2, 0.25) is 0 Å². The maximum absolute atomic E-state index is 11.8. The second-order valence-electron chi connectivity index (χ2n) is 4.10. The van der Waals surface area contributed by atoms with Gasteiger partial charge in [0.05, 0.1) is 6.21 Å². The Morgan fingerprint density at radius 3 is 2.80 bits per heavy atom. The summed E-state index contributed by atoms with van der Waals surface area (Å²) < 4.78 is 1.31. The van der Waals surface area contributed by atoms with Gasteiger partial charge in [-0.25, -0.2) is 5.43 Å². The molecule has 1 aromatic carbocycles. The van der Waals surface area contributed by atoms with Gasteiger partial charge in [-0.05, 0) is 24.3 Å². The van der Waals surface area contributed by atoms with E-state index >= 15 is 0 Å². The minimum Gasteiger partial charge on any atom is -0.507 e. The number of nitrogens with zero attached hydrogens (tertiary/aromatic N) is 2. The van der Waals surface area contributed by atoms with E-state index in [9.17, 15) is 14.7 Å². The molecule has 2 rings (SSSR count). The Morgan fingerprint density at radius 1 is 1.30 bits per heavy atom. The highest BCUT2D eigenvalue weighted by molar-refractivity contribution is 5.94. The number of para-hydroxylation sites is 1. The number of rotatable bonds is 3. The van der Waals surface area contributed by atoms with Crippen molar-refractivity contribution in [2.45, 2.75) is 0 Å². The summed E-state index contributed by atoms with van der Waals surface area (Å²) in [6.45, 7) is 0. The van der Waals surface area contributed by atoms with Gasteiger partial charge in [-0.1, -0.05) is 12.1 Å². The lowest BCUT2D eigenvalue weighted by atomic mass is 10.2. The Balaban J connectivity index is 2.12. The van der Waals surface area contributed by atoms with Crippen LogP contribution in [-0.4, -0.2) is 21.8 Å². The number of carbonyl (C=O) groups is 1. The van der Waals surface area contributed by atoms with Gasteiger partial charge in [0.1, 0.15) is 11.3 Å². The number of aromatic hydroxyl groups is 1. The Morgan fingerprint density at radius 2 is 2.05 bits per heavy atom. The standard InChI is InChI=1S/C14H13N3O3/c1-17-8-4-6-11(14(17)20)13(19)16-15-9-10-5-2-3-7-12(10)18/h2-9,18H,1H3,(H,16,19)/b15-9-. The zero-order valence-corrected chi connectivity index (χ0v) is 10.8.